The second-order valence-electron chi connectivity index (χ2n) is 5.78. The molecule has 0 aliphatic carbocycles. The quantitative estimate of drug-likeness (QED) is 0.819. The summed E-state index contributed by atoms with van der Waals surface area (Å²) in [7, 11) is 5.06. The number of ether oxygens (including phenoxy) is 3. The Morgan fingerprint density at radius 3 is 1.87 bits per heavy atom. The van der Waals surface area contributed by atoms with Gasteiger partial charge in [0.2, 0.25) is 0 Å². The summed E-state index contributed by atoms with van der Waals surface area (Å²) in [6.07, 6.45) is 1.03. The molecule has 1 aliphatic rings. The molecule has 0 spiro atoms. The van der Waals surface area contributed by atoms with Crippen LogP contribution in [-0.4, -0.2) is 32.8 Å². The lowest BCUT2D eigenvalue weighted by molar-refractivity contribution is 0.288. The van der Waals surface area contributed by atoms with Crippen LogP contribution < -0.4 is 14.2 Å². The molecule has 0 amide bonds. The zero-order chi connectivity index (χ0) is 16.2. The van der Waals surface area contributed by atoms with Gasteiger partial charge >= 0.3 is 0 Å². The third-order valence-corrected chi connectivity index (χ3v) is 4.37. The highest BCUT2D eigenvalue weighted by Crippen LogP contribution is 2.34. The number of hydrogen-bond acceptors (Lipinski definition) is 4. The average Bonchev–Trinajstić information content (AvgIpc) is 3.00. The molecule has 3 rings (SSSR count). The van der Waals surface area contributed by atoms with E-state index in [1.807, 2.05) is 12.1 Å². The van der Waals surface area contributed by atoms with Crippen molar-refractivity contribution in [2.45, 2.75) is 19.5 Å². The molecule has 122 valence electrons. The van der Waals surface area contributed by atoms with Gasteiger partial charge in [0.25, 0.3) is 0 Å². The van der Waals surface area contributed by atoms with Crippen molar-refractivity contribution in [3.8, 4) is 17.2 Å². The first-order chi connectivity index (χ1) is 11.2. The van der Waals surface area contributed by atoms with Crippen LogP contribution in [-0.2, 0) is 19.5 Å². The van der Waals surface area contributed by atoms with Crippen LogP contribution >= 0.6 is 0 Å². The van der Waals surface area contributed by atoms with Crippen molar-refractivity contribution in [1.29, 1.82) is 0 Å². The summed E-state index contributed by atoms with van der Waals surface area (Å²) in [5.41, 5.74) is 3.99. The average molecular weight is 313 g/mol. The van der Waals surface area contributed by atoms with Crippen LogP contribution in [0.25, 0.3) is 0 Å². The topological polar surface area (TPSA) is 30.9 Å². The van der Waals surface area contributed by atoms with E-state index < -0.39 is 0 Å². The Balaban J connectivity index is 1.62. The van der Waals surface area contributed by atoms with E-state index in [1.54, 1.807) is 21.3 Å². The molecule has 4 heteroatoms. The van der Waals surface area contributed by atoms with Gasteiger partial charge in [-0.1, -0.05) is 12.1 Å². The monoisotopic (exact) mass is 313 g/mol. The Morgan fingerprint density at radius 1 is 0.826 bits per heavy atom. The van der Waals surface area contributed by atoms with E-state index in [0.717, 1.165) is 43.3 Å². The van der Waals surface area contributed by atoms with Gasteiger partial charge in [-0.2, -0.15) is 0 Å². The van der Waals surface area contributed by atoms with Gasteiger partial charge < -0.3 is 14.2 Å². The maximum Gasteiger partial charge on any atom is 0.161 e. The molecule has 23 heavy (non-hydrogen) atoms. The lowest BCUT2D eigenvalue weighted by Crippen LogP contribution is -2.19. The van der Waals surface area contributed by atoms with Crippen molar-refractivity contribution in [3.63, 3.8) is 0 Å². The minimum Gasteiger partial charge on any atom is -0.497 e. The van der Waals surface area contributed by atoms with Crippen molar-refractivity contribution in [1.82, 2.24) is 4.90 Å². The largest absolute Gasteiger partial charge is 0.497 e. The number of rotatable bonds is 6. The first kappa shape index (κ1) is 15.7. The number of nitrogens with zero attached hydrogens (tertiary/aromatic N) is 1. The van der Waals surface area contributed by atoms with Crippen LogP contribution in [0.5, 0.6) is 17.2 Å². The summed E-state index contributed by atoms with van der Waals surface area (Å²) in [6, 6.07) is 12.5. The van der Waals surface area contributed by atoms with Gasteiger partial charge in [-0.25, -0.2) is 0 Å². The number of fused-ring (bicyclic) bond motifs is 1. The summed E-state index contributed by atoms with van der Waals surface area (Å²) < 4.78 is 16.0. The SMILES string of the molecule is COc1ccc(CCN2Cc3cc(OC)c(OC)cc3C2)cc1. The van der Waals surface area contributed by atoms with E-state index in [-0.39, 0.29) is 0 Å². The molecule has 1 aliphatic heterocycles. The van der Waals surface area contributed by atoms with Crippen LogP contribution in [0, 0.1) is 0 Å². The van der Waals surface area contributed by atoms with E-state index in [0.29, 0.717) is 0 Å². The molecule has 1 heterocycles. The fourth-order valence-corrected chi connectivity index (χ4v) is 3.03. The van der Waals surface area contributed by atoms with Gasteiger partial charge in [-0.05, 0) is 47.4 Å². The number of hydrogen-bond donors (Lipinski definition) is 0. The van der Waals surface area contributed by atoms with Crippen LogP contribution in [0.1, 0.15) is 16.7 Å². The molecule has 2 aromatic carbocycles. The molecule has 4 nitrogen and oxygen atoms in total. The predicted molar refractivity (Wildman–Crippen MR) is 90.4 cm³/mol. The molecular weight excluding hydrogens is 290 g/mol. The highest BCUT2D eigenvalue weighted by Gasteiger charge is 2.21. The van der Waals surface area contributed by atoms with Crippen molar-refractivity contribution in [2.24, 2.45) is 0 Å². The van der Waals surface area contributed by atoms with Crippen LogP contribution in [0.15, 0.2) is 36.4 Å². The number of benzene rings is 2. The lowest BCUT2D eigenvalue weighted by atomic mass is 10.1. The fraction of sp³-hybridized carbons (Fsp3) is 0.368. The second kappa shape index (κ2) is 6.92. The third kappa shape index (κ3) is 3.42. The summed E-state index contributed by atoms with van der Waals surface area (Å²) >= 11 is 0. The molecule has 0 aromatic heterocycles. The Hall–Kier alpha value is -2.20. The van der Waals surface area contributed by atoms with Gasteiger partial charge in [0.05, 0.1) is 21.3 Å². The fourth-order valence-electron chi connectivity index (χ4n) is 3.03. The first-order valence-electron chi connectivity index (χ1n) is 7.82. The minimum absolute atomic E-state index is 0.809. The maximum absolute atomic E-state index is 5.39. The van der Waals surface area contributed by atoms with Crippen LogP contribution in [0.4, 0.5) is 0 Å². The molecule has 0 saturated carbocycles. The summed E-state index contributed by atoms with van der Waals surface area (Å²) in [5.74, 6) is 2.52. The van der Waals surface area contributed by atoms with E-state index in [1.165, 1.54) is 16.7 Å². The zero-order valence-electron chi connectivity index (χ0n) is 14.0. The van der Waals surface area contributed by atoms with E-state index in [9.17, 15) is 0 Å². The lowest BCUT2D eigenvalue weighted by Gasteiger charge is -2.14. The highest BCUT2D eigenvalue weighted by molar-refractivity contribution is 5.48. The Bertz CT molecular complexity index is 634. The molecule has 2 aromatic rings. The Kier molecular flexibility index (Phi) is 4.72. The zero-order valence-corrected chi connectivity index (χ0v) is 14.0. The third-order valence-electron chi connectivity index (χ3n) is 4.37. The maximum atomic E-state index is 5.39. The van der Waals surface area contributed by atoms with Crippen molar-refractivity contribution < 1.29 is 14.2 Å². The molecule has 0 saturated heterocycles. The van der Waals surface area contributed by atoms with Crippen molar-refractivity contribution in [2.75, 3.05) is 27.9 Å². The number of methoxy groups -OCH3 is 3. The second-order valence-corrected chi connectivity index (χ2v) is 5.78. The van der Waals surface area contributed by atoms with Gasteiger partial charge in [0, 0.05) is 19.6 Å². The standard InChI is InChI=1S/C19H23NO3/c1-21-17-6-4-14(5-7-17)8-9-20-12-15-10-18(22-2)19(23-3)11-16(15)13-20/h4-7,10-11H,8-9,12-13H2,1-3H3. The van der Waals surface area contributed by atoms with E-state index >= 15 is 0 Å². The van der Waals surface area contributed by atoms with Crippen LogP contribution in [0.2, 0.25) is 0 Å². The summed E-state index contributed by atoms with van der Waals surface area (Å²) in [6.45, 7) is 2.96. The molecule has 0 bridgehead atoms. The minimum atomic E-state index is 0.809. The molecule has 0 unspecified atom stereocenters. The highest BCUT2D eigenvalue weighted by atomic mass is 16.5. The summed E-state index contributed by atoms with van der Waals surface area (Å²) in [5, 5.41) is 0. The van der Waals surface area contributed by atoms with Crippen LogP contribution in [0.3, 0.4) is 0 Å². The molecule has 0 fully saturated rings. The molecule has 0 N–H and O–H groups in total. The van der Waals surface area contributed by atoms with E-state index in [2.05, 4.69) is 29.2 Å². The molecular formula is C19H23NO3. The van der Waals surface area contributed by atoms with Crippen molar-refractivity contribution >= 4 is 0 Å². The van der Waals surface area contributed by atoms with Gasteiger partial charge in [0.1, 0.15) is 5.75 Å². The molecule has 0 atom stereocenters. The smallest absolute Gasteiger partial charge is 0.161 e. The Morgan fingerprint density at radius 2 is 1.39 bits per heavy atom. The van der Waals surface area contributed by atoms with Gasteiger partial charge in [-0.15, -0.1) is 0 Å². The van der Waals surface area contributed by atoms with Crippen molar-refractivity contribution in [3.05, 3.63) is 53.1 Å². The molecule has 0 radical (unpaired) electrons. The summed E-state index contributed by atoms with van der Waals surface area (Å²) in [4.78, 5) is 2.45. The van der Waals surface area contributed by atoms with Gasteiger partial charge in [0.15, 0.2) is 11.5 Å². The first-order valence-corrected chi connectivity index (χ1v) is 7.82. The normalized spacial score (nSPS) is 13.7. The predicted octanol–water partition coefficient (Wildman–Crippen LogP) is 3.27. The van der Waals surface area contributed by atoms with E-state index in [4.69, 9.17) is 14.2 Å². The van der Waals surface area contributed by atoms with Gasteiger partial charge in [-0.3, -0.25) is 4.90 Å². The Labute approximate surface area is 137 Å².